The molecule has 1 N–H and O–H groups in total. The van der Waals surface area contributed by atoms with Gasteiger partial charge in [-0.1, -0.05) is 6.92 Å². The Balaban J connectivity index is 2.60. The molecule has 0 aliphatic rings. The number of aryl methyl sites for hydroxylation is 2. The first kappa shape index (κ1) is 9.06. The molecule has 0 aromatic carbocycles. The van der Waals surface area contributed by atoms with Crippen LogP contribution >= 0.6 is 0 Å². The molecule has 0 bridgehead atoms. The van der Waals surface area contributed by atoms with Crippen molar-refractivity contribution in [1.82, 2.24) is 15.2 Å². The van der Waals surface area contributed by atoms with E-state index in [1.54, 1.807) is 6.20 Å². The molecule has 1 heterocycles. The third kappa shape index (κ3) is 2.54. The van der Waals surface area contributed by atoms with E-state index in [0.717, 1.165) is 17.9 Å². The predicted molar refractivity (Wildman–Crippen MR) is 44.6 cm³/mol. The van der Waals surface area contributed by atoms with Gasteiger partial charge in [-0.05, 0) is 12.8 Å². The topological polar surface area (TPSA) is 58.9 Å². The summed E-state index contributed by atoms with van der Waals surface area (Å²) in [5, 5.41) is 16.2. The molecular weight excluding hydrogens is 154 g/mol. The minimum Gasteiger partial charge on any atom is -0.396 e. The minimum atomic E-state index is 0.180. The quantitative estimate of drug-likeness (QED) is 0.703. The summed E-state index contributed by atoms with van der Waals surface area (Å²) in [5.74, 6) is 0.725. The summed E-state index contributed by atoms with van der Waals surface area (Å²) in [6.07, 6.45) is 3.95. The van der Waals surface area contributed by atoms with Gasteiger partial charge in [-0.2, -0.15) is 5.10 Å². The Bertz CT molecular complexity index is 239. The molecule has 0 saturated carbocycles. The first-order chi connectivity index (χ1) is 5.86. The van der Waals surface area contributed by atoms with Crippen LogP contribution in [0.1, 0.15) is 24.9 Å². The molecule has 4 nitrogen and oxygen atoms in total. The molecule has 66 valence electrons. The van der Waals surface area contributed by atoms with E-state index >= 15 is 0 Å². The maximum absolute atomic E-state index is 8.58. The zero-order valence-corrected chi connectivity index (χ0v) is 7.19. The summed E-state index contributed by atoms with van der Waals surface area (Å²) in [6.45, 7) is 2.21. The SMILES string of the molecule is CCc1cnnc(CCCO)n1. The summed E-state index contributed by atoms with van der Waals surface area (Å²) < 4.78 is 0. The molecule has 0 amide bonds. The van der Waals surface area contributed by atoms with Crippen molar-refractivity contribution >= 4 is 0 Å². The second-order valence-electron chi connectivity index (χ2n) is 2.54. The van der Waals surface area contributed by atoms with Crippen LogP contribution in [-0.4, -0.2) is 26.9 Å². The Morgan fingerprint density at radius 3 is 3.00 bits per heavy atom. The smallest absolute Gasteiger partial charge is 0.151 e. The van der Waals surface area contributed by atoms with E-state index in [-0.39, 0.29) is 6.61 Å². The van der Waals surface area contributed by atoms with Gasteiger partial charge < -0.3 is 5.11 Å². The average Bonchev–Trinajstić information content (AvgIpc) is 2.15. The van der Waals surface area contributed by atoms with Crippen molar-refractivity contribution in [3.8, 4) is 0 Å². The molecule has 0 saturated heterocycles. The van der Waals surface area contributed by atoms with Crippen LogP contribution in [0.5, 0.6) is 0 Å². The van der Waals surface area contributed by atoms with Crippen molar-refractivity contribution in [2.75, 3.05) is 6.61 Å². The normalized spacial score (nSPS) is 10.2. The lowest BCUT2D eigenvalue weighted by Crippen LogP contribution is -2.01. The standard InChI is InChI=1S/C8H13N3O/c1-2-7-6-9-11-8(10-7)4-3-5-12/h6,12H,2-5H2,1H3. The summed E-state index contributed by atoms with van der Waals surface area (Å²) in [5.41, 5.74) is 0.956. The zero-order chi connectivity index (χ0) is 8.81. The molecular formula is C8H13N3O. The molecule has 1 aromatic rings. The van der Waals surface area contributed by atoms with Crippen LogP contribution < -0.4 is 0 Å². The number of hydrogen-bond acceptors (Lipinski definition) is 4. The lowest BCUT2D eigenvalue weighted by Gasteiger charge is -1.98. The van der Waals surface area contributed by atoms with Gasteiger partial charge in [0.25, 0.3) is 0 Å². The van der Waals surface area contributed by atoms with Crippen LogP contribution in [0.3, 0.4) is 0 Å². The fourth-order valence-electron chi connectivity index (χ4n) is 0.893. The van der Waals surface area contributed by atoms with E-state index in [4.69, 9.17) is 5.11 Å². The third-order valence-corrected chi connectivity index (χ3v) is 1.57. The fourth-order valence-corrected chi connectivity index (χ4v) is 0.893. The van der Waals surface area contributed by atoms with Gasteiger partial charge in [0, 0.05) is 13.0 Å². The van der Waals surface area contributed by atoms with E-state index in [1.807, 2.05) is 6.92 Å². The first-order valence-corrected chi connectivity index (χ1v) is 4.15. The van der Waals surface area contributed by atoms with Gasteiger partial charge in [-0.3, -0.25) is 0 Å². The van der Waals surface area contributed by atoms with Gasteiger partial charge in [0.15, 0.2) is 5.82 Å². The lowest BCUT2D eigenvalue weighted by molar-refractivity contribution is 0.287. The number of aliphatic hydroxyl groups is 1. The van der Waals surface area contributed by atoms with Crippen molar-refractivity contribution in [2.45, 2.75) is 26.2 Å². The van der Waals surface area contributed by atoms with E-state index in [1.165, 1.54) is 0 Å². The Kier molecular flexibility index (Phi) is 3.60. The van der Waals surface area contributed by atoms with Crippen LogP contribution in [0.25, 0.3) is 0 Å². The zero-order valence-electron chi connectivity index (χ0n) is 7.19. The third-order valence-electron chi connectivity index (χ3n) is 1.57. The first-order valence-electron chi connectivity index (χ1n) is 4.15. The Morgan fingerprint density at radius 2 is 2.33 bits per heavy atom. The maximum atomic E-state index is 8.58. The van der Waals surface area contributed by atoms with Crippen molar-refractivity contribution in [3.63, 3.8) is 0 Å². The van der Waals surface area contributed by atoms with Gasteiger partial charge in [0.05, 0.1) is 11.9 Å². The van der Waals surface area contributed by atoms with Crippen LogP contribution in [-0.2, 0) is 12.8 Å². The van der Waals surface area contributed by atoms with E-state index in [2.05, 4.69) is 15.2 Å². The molecule has 0 aliphatic carbocycles. The predicted octanol–water partition coefficient (Wildman–Crippen LogP) is 0.359. The monoisotopic (exact) mass is 167 g/mol. The number of hydrogen-bond donors (Lipinski definition) is 1. The molecule has 0 aliphatic heterocycles. The van der Waals surface area contributed by atoms with Crippen LogP contribution in [0, 0.1) is 0 Å². The second kappa shape index (κ2) is 4.77. The van der Waals surface area contributed by atoms with Crippen LogP contribution in [0.15, 0.2) is 6.20 Å². The summed E-state index contributed by atoms with van der Waals surface area (Å²) in [6, 6.07) is 0. The van der Waals surface area contributed by atoms with Gasteiger partial charge in [0.1, 0.15) is 0 Å². The molecule has 0 unspecified atom stereocenters. The summed E-state index contributed by atoms with van der Waals surface area (Å²) in [4.78, 5) is 4.24. The molecule has 0 radical (unpaired) electrons. The highest BCUT2D eigenvalue weighted by molar-refractivity contribution is 4.95. The fraction of sp³-hybridized carbons (Fsp3) is 0.625. The van der Waals surface area contributed by atoms with Gasteiger partial charge >= 0.3 is 0 Å². The molecule has 12 heavy (non-hydrogen) atoms. The van der Waals surface area contributed by atoms with Gasteiger partial charge in [-0.15, -0.1) is 5.10 Å². The minimum absolute atomic E-state index is 0.180. The number of nitrogens with zero attached hydrogens (tertiary/aromatic N) is 3. The van der Waals surface area contributed by atoms with E-state index in [9.17, 15) is 0 Å². The van der Waals surface area contributed by atoms with Crippen molar-refractivity contribution in [3.05, 3.63) is 17.7 Å². The Labute approximate surface area is 71.7 Å². The highest BCUT2D eigenvalue weighted by atomic mass is 16.2. The van der Waals surface area contributed by atoms with E-state index in [0.29, 0.717) is 12.8 Å². The van der Waals surface area contributed by atoms with Crippen molar-refractivity contribution in [2.24, 2.45) is 0 Å². The van der Waals surface area contributed by atoms with Crippen LogP contribution in [0.2, 0.25) is 0 Å². The lowest BCUT2D eigenvalue weighted by atomic mass is 10.3. The maximum Gasteiger partial charge on any atom is 0.151 e. The molecule has 0 spiro atoms. The van der Waals surface area contributed by atoms with Crippen LogP contribution in [0.4, 0.5) is 0 Å². The Morgan fingerprint density at radius 1 is 1.50 bits per heavy atom. The molecule has 1 aromatic heterocycles. The number of aromatic nitrogens is 3. The highest BCUT2D eigenvalue weighted by Crippen LogP contribution is 1.96. The highest BCUT2D eigenvalue weighted by Gasteiger charge is 1.97. The molecule has 0 atom stereocenters. The average molecular weight is 167 g/mol. The summed E-state index contributed by atoms with van der Waals surface area (Å²) >= 11 is 0. The second-order valence-corrected chi connectivity index (χ2v) is 2.54. The van der Waals surface area contributed by atoms with Gasteiger partial charge in [0.2, 0.25) is 0 Å². The van der Waals surface area contributed by atoms with Crippen molar-refractivity contribution < 1.29 is 5.11 Å². The Hall–Kier alpha value is -1.03. The number of aliphatic hydroxyl groups excluding tert-OH is 1. The molecule has 4 heteroatoms. The molecule has 0 fully saturated rings. The van der Waals surface area contributed by atoms with Gasteiger partial charge in [-0.25, -0.2) is 4.98 Å². The summed E-state index contributed by atoms with van der Waals surface area (Å²) in [7, 11) is 0. The molecule has 1 rings (SSSR count). The number of rotatable bonds is 4. The van der Waals surface area contributed by atoms with Crippen molar-refractivity contribution in [1.29, 1.82) is 0 Å². The largest absolute Gasteiger partial charge is 0.396 e. The van der Waals surface area contributed by atoms with E-state index < -0.39 is 0 Å².